The minimum atomic E-state index is -0.322. The molecule has 132 valence electrons. The van der Waals surface area contributed by atoms with E-state index in [0.29, 0.717) is 40.5 Å². The molecule has 1 N–H and O–H groups in total. The van der Waals surface area contributed by atoms with Gasteiger partial charge in [0.25, 0.3) is 5.91 Å². The number of hydrogen-bond donors (Lipinski definition) is 1. The maximum absolute atomic E-state index is 12.6. The van der Waals surface area contributed by atoms with Gasteiger partial charge in [-0.2, -0.15) is 10.4 Å². The van der Waals surface area contributed by atoms with Crippen LogP contribution in [0.1, 0.15) is 28.7 Å². The summed E-state index contributed by atoms with van der Waals surface area (Å²) in [5.74, 6) is 0.323. The number of carbonyl (C=O) groups excluding carboxylic acids is 1. The van der Waals surface area contributed by atoms with Crippen LogP contribution in [0.25, 0.3) is 17.1 Å². The van der Waals surface area contributed by atoms with Crippen molar-refractivity contribution in [2.24, 2.45) is 0 Å². The summed E-state index contributed by atoms with van der Waals surface area (Å²) in [7, 11) is 0. The minimum absolute atomic E-state index is 0.301. The summed E-state index contributed by atoms with van der Waals surface area (Å²) in [6.07, 6.45) is 2.28. The first-order valence-corrected chi connectivity index (χ1v) is 8.43. The molecule has 0 radical (unpaired) electrons. The molecule has 0 aliphatic carbocycles. The fourth-order valence-electron chi connectivity index (χ4n) is 2.77. The van der Waals surface area contributed by atoms with Gasteiger partial charge in [-0.3, -0.25) is 4.79 Å². The van der Waals surface area contributed by atoms with E-state index in [1.807, 2.05) is 19.1 Å². The van der Waals surface area contributed by atoms with Gasteiger partial charge in [-0.25, -0.2) is 9.50 Å². The lowest BCUT2D eigenvalue weighted by molar-refractivity contribution is 0.102. The first kappa shape index (κ1) is 16.5. The highest BCUT2D eigenvalue weighted by molar-refractivity contribution is 6.03. The molecular weight excluding hydrogens is 342 g/mol. The fraction of sp³-hybridized carbons (Fsp3) is 0.100. The first-order valence-electron chi connectivity index (χ1n) is 8.43. The van der Waals surface area contributed by atoms with E-state index in [1.165, 1.54) is 0 Å². The van der Waals surface area contributed by atoms with Gasteiger partial charge in [0.1, 0.15) is 11.4 Å². The van der Waals surface area contributed by atoms with Crippen molar-refractivity contribution in [3.63, 3.8) is 0 Å². The smallest absolute Gasteiger partial charge is 0.274 e. The Balaban J connectivity index is 1.68. The van der Waals surface area contributed by atoms with Crippen molar-refractivity contribution < 1.29 is 9.21 Å². The van der Waals surface area contributed by atoms with Crippen LogP contribution in [0.5, 0.6) is 0 Å². The monoisotopic (exact) mass is 357 g/mol. The number of aromatic nitrogens is 3. The molecule has 0 unspecified atom stereocenters. The van der Waals surface area contributed by atoms with E-state index in [9.17, 15) is 4.79 Å². The normalized spacial score (nSPS) is 10.7. The number of aryl methyl sites for hydroxylation is 1. The minimum Gasteiger partial charge on any atom is -0.463 e. The van der Waals surface area contributed by atoms with E-state index >= 15 is 0 Å². The van der Waals surface area contributed by atoms with E-state index < -0.39 is 0 Å². The highest BCUT2D eigenvalue weighted by atomic mass is 16.3. The molecule has 7 nitrogen and oxygen atoms in total. The zero-order chi connectivity index (χ0) is 18.8. The molecule has 0 fully saturated rings. The molecule has 0 saturated carbocycles. The van der Waals surface area contributed by atoms with Crippen LogP contribution < -0.4 is 5.32 Å². The highest BCUT2D eigenvalue weighted by Crippen LogP contribution is 2.21. The third-order valence-corrected chi connectivity index (χ3v) is 4.14. The average Bonchev–Trinajstić information content (AvgIpc) is 3.37. The molecule has 0 atom stereocenters. The number of carbonyl (C=O) groups is 1. The lowest BCUT2D eigenvalue weighted by Crippen LogP contribution is -2.15. The van der Waals surface area contributed by atoms with Gasteiger partial charge in [-0.1, -0.05) is 6.92 Å². The Hall–Kier alpha value is -3.92. The van der Waals surface area contributed by atoms with Crippen LogP contribution in [0.3, 0.4) is 0 Å². The lowest BCUT2D eigenvalue weighted by Gasteiger charge is -2.07. The lowest BCUT2D eigenvalue weighted by atomic mass is 10.2. The Morgan fingerprint density at radius 1 is 1.26 bits per heavy atom. The molecule has 4 rings (SSSR count). The van der Waals surface area contributed by atoms with Crippen molar-refractivity contribution in [2.45, 2.75) is 13.3 Å². The number of amides is 1. The second-order valence-corrected chi connectivity index (χ2v) is 5.91. The number of nitrogens with zero attached hydrogens (tertiary/aromatic N) is 4. The number of furan rings is 1. The van der Waals surface area contributed by atoms with Crippen LogP contribution in [0.15, 0.2) is 59.2 Å². The second kappa shape index (κ2) is 6.77. The van der Waals surface area contributed by atoms with E-state index in [2.05, 4.69) is 15.4 Å². The number of benzene rings is 1. The number of fused-ring (bicyclic) bond motifs is 1. The van der Waals surface area contributed by atoms with Gasteiger partial charge in [0.05, 0.1) is 17.9 Å². The molecule has 0 bridgehead atoms. The van der Waals surface area contributed by atoms with Gasteiger partial charge in [-0.15, -0.1) is 0 Å². The van der Waals surface area contributed by atoms with Crippen LogP contribution in [0.2, 0.25) is 0 Å². The molecule has 1 aromatic carbocycles. The second-order valence-electron chi connectivity index (χ2n) is 5.91. The van der Waals surface area contributed by atoms with Crippen molar-refractivity contribution in [1.29, 1.82) is 5.26 Å². The maximum Gasteiger partial charge on any atom is 0.274 e. The third kappa shape index (κ3) is 3.16. The van der Waals surface area contributed by atoms with Gasteiger partial charge >= 0.3 is 0 Å². The van der Waals surface area contributed by atoms with E-state index in [-0.39, 0.29) is 5.91 Å². The molecule has 0 spiro atoms. The average molecular weight is 357 g/mol. The molecule has 0 aliphatic rings. The van der Waals surface area contributed by atoms with Crippen LogP contribution in [0, 0.1) is 11.3 Å². The number of anilines is 1. The molecule has 1 amide bonds. The Morgan fingerprint density at radius 2 is 2.07 bits per heavy atom. The third-order valence-electron chi connectivity index (χ3n) is 4.14. The summed E-state index contributed by atoms with van der Waals surface area (Å²) in [5, 5.41) is 16.2. The zero-order valence-electron chi connectivity index (χ0n) is 14.5. The predicted octanol–water partition coefficient (Wildman–Crippen LogP) is 3.68. The van der Waals surface area contributed by atoms with E-state index in [0.717, 1.165) is 5.69 Å². The highest BCUT2D eigenvalue weighted by Gasteiger charge is 2.15. The quantitative estimate of drug-likeness (QED) is 0.601. The molecule has 0 saturated heterocycles. The fourth-order valence-corrected chi connectivity index (χ4v) is 2.77. The van der Waals surface area contributed by atoms with Crippen molar-refractivity contribution >= 4 is 17.2 Å². The van der Waals surface area contributed by atoms with Gasteiger partial charge in [0.2, 0.25) is 0 Å². The Kier molecular flexibility index (Phi) is 4.15. The molecule has 7 heteroatoms. The topological polar surface area (TPSA) is 96.2 Å². The van der Waals surface area contributed by atoms with E-state index in [4.69, 9.17) is 9.68 Å². The Labute approximate surface area is 154 Å². The summed E-state index contributed by atoms with van der Waals surface area (Å²) in [5.41, 5.74) is 3.53. The summed E-state index contributed by atoms with van der Waals surface area (Å²) < 4.78 is 7.11. The number of hydrogen-bond acceptors (Lipinski definition) is 5. The largest absolute Gasteiger partial charge is 0.463 e. The molecule has 4 aromatic rings. The zero-order valence-corrected chi connectivity index (χ0v) is 14.5. The van der Waals surface area contributed by atoms with Crippen LogP contribution in [0.4, 0.5) is 5.69 Å². The van der Waals surface area contributed by atoms with Gasteiger partial charge < -0.3 is 9.73 Å². The summed E-state index contributed by atoms with van der Waals surface area (Å²) in [6, 6.07) is 15.8. The number of nitrogens with one attached hydrogen (secondary N) is 1. The SMILES string of the molecule is CCc1cc(C(=O)Nc2ccc(C#N)cc2)nc2cc(-c3ccco3)nn12. The predicted molar refractivity (Wildman–Crippen MR) is 99.2 cm³/mol. The van der Waals surface area contributed by atoms with Crippen LogP contribution in [-0.2, 0) is 6.42 Å². The van der Waals surface area contributed by atoms with Gasteiger partial charge in [0, 0.05) is 17.4 Å². The van der Waals surface area contributed by atoms with Crippen LogP contribution >= 0.6 is 0 Å². The summed E-state index contributed by atoms with van der Waals surface area (Å²) in [6.45, 7) is 1.99. The van der Waals surface area contributed by atoms with Gasteiger partial charge in [-0.05, 0) is 48.9 Å². The summed E-state index contributed by atoms with van der Waals surface area (Å²) in [4.78, 5) is 17.1. The van der Waals surface area contributed by atoms with Gasteiger partial charge in [0.15, 0.2) is 11.4 Å². The number of nitriles is 1. The molecule has 3 aromatic heterocycles. The maximum atomic E-state index is 12.6. The van der Waals surface area contributed by atoms with Crippen molar-refractivity contribution in [3.05, 3.63) is 71.7 Å². The van der Waals surface area contributed by atoms with Crippen molar-refractivity contribution in [1.82, 2.24) is 14.6 Å². The molecule has 3 heterocycles. The summed E-state index contributed by atoms with van der Waals surface area (Å²) >= 11 is 0. The van der Waals surface area contributed by atoms with Crippen LogP contribution in [-0.4, -0.2) is 20.5 Å². The Morgan fingerprint density at radius 3 is 2.74 bits per heavy atom. The Bertz CT molecular complexity index is 1150. The molecular formula is C20H15N5O2. The number of rotatable bonds is 4. The van der Waals surface area contributed by atoms with Crippen molar-refractivity contribution in [3.8, 4) is 17.5 Å². The molecule has 0 aliphatic heterocycles. The standard InChI is InChI=1S/C20H15N5O2/c1-2-15-10-17(20(26)22-14-7-5-13(12-21)6-8-14)23-19-11-16(24-25(15)19)18-4-3-9-27-18/h3-11H,2H2,1H3,(H,22,26). The molecule has 27 heavy (non-hydrogen) atoms. The van der Waals surface area contributed by atoms with Crippen molar-refractivity contribution in [2.75, 3.05) is 5.32 Å². The first-order chi connectivity index (χ1) is 13.2. The van der Waals surface area contributed by atoms with E-state index in [1.54, 1.807) is 53.2 Å².